The van der Waals surface area contributed by atoms with Gasteiger partial charge in [0, 0.05) is 14.1 Å². The molecule has 0 unspecified atom stereocenters. The third kappa shape index (κ3) is 1.93. The summed E-state index contributed by atoms with van der Waals surface area (Å²) in [6, 6.07) is 0. The van der Waals surface area contributed by atoms with Gasteiger partial charge in [-0.3, -0.25) is 0 Å². The monoisotopic (exact) mass is 169 g/mol. The molecule has 0 spiro atoms. The minimum absolute atomic E-state index is 0.0900. The van der Waals surface area contributed by atoms with Gasteiger partial charge in [0.15, 0.2) is 0 Å². The smallest absolute Gasteiger partial charge is 0.241 e. The van der Waals surface area contributed by atoms with Gasteiger partial charge in [-0.2, -0.15) is 0 Å². The summed E-state index contributed by atoms with van der Waals surface area (Å²) < 4.78 is 3.32. The summed E-state index contributed by atoms with van der Waals surface area (Å²) in [5.74, 6) is 0. The first-order chi connectivity index (χ1) is 5.40. The van der Waals surface area contributed by atoms with Crippen molar-refractivity contribution in [3.8, 4) is 0 Å². The number of rotatable bonds is 0. The lowest BCUT2D eigenvalue weighted by molar-refractivity contribution is 0.526. The van der Waals surface area contributed by atoms with Crippen molar-refractivity contribution in [2.45, 2.75) is 26.3 Å². The number of tetrazole rings is 1. The Morgan fingerprint density at radius 2 is 1.50 bits per heavy atom. The van der Waals surface area contributed by atoms with Crippen molar-refractivity contribution in [2.75, 3.05) is 0 Å². The summed E-state index contributed by atoms with van der Waals surface area (Å²) >= 11 is 0. The van der Waals surface area contributed by atoms with Gasteiger partial charge >= 0.3 is 0 Å². The Bertz CT molecular complexity index is 302. The zero-order valence-electron chi connectivity index (χ0n) is 8.24. The van der Waals surface area contributed by atoms with Crippen molar-refractivity contribution in [2.24, 2.45) is 19.1 Å². The summed E-state index contributed by atoms with van der Waals surface area (Å²) in [6.45, 7) is 6.12. The SMILES string of the molecule is Cn1nnn(C)c1=NC(C)(C)C. The van der Waals surface area contributed by atoms with E-state index in [1.54, 1.807) is 9.36 Å². The maximum atomic E-state index is 4.45. The molecule has 68 valence electrons. The highest BCUT2D eigenvalue weighted by atomic mass is 15.6. The van der Waals surface area contributed by atoms with Crippen LogP contribution in [0.4, 0.5) is 0 Å². The topological polar surface area (TPSA) is 48.0 Å². The summed E-state index contributed by atoms with van der Waals surface area (Å²) in [5.41, 5.74) is 0.690. The van der Waals surface area contributed by atoms with Crippen LogP contribution in [0.2, 0.25) is 0 Å². The van der Waals surface area contributed by atoms with E-state index in [-0.39, 0.29) is 5.54 Å². The molecule has 0 N–H and O–H groups in total. The third-order valence-corrected chi connectivity index (χ3v) is 1.32. The zero-order chi connectivity index (χ0) is 9.35. The number of nitrogens with zero attached hydrogens (tertiary/aromatic N) is 5. The Kier molecular flexibility index (Phi) is 2.04. The Balaban J connectivity index is 3.26. The maximum Gasteiger partial charge on any atom is 0.241 e. The Morgan fingerprint density at radius 1 is 1.08 bits per heavy atom. The standard InChI is InChI=1S/C7H15N5/c1-7(2,3)8-6-11(4)9-10-12(6)5/h1-5H3. The van der Waals surface area contributed by atoms with Crippen molar-refractivity contribution in [1.29, 1.82) is 0 Å². The number of aromatic nitrogens is 4. The molecular formula is C7H15N5. The summed E-state index contributed by atoms with van der Waals surface area (Å²) in [5, 5.41) is 7.67. The number of hydrogen-bond donors (Lipinski definition) is 0. The second-order valence-corrected chi connectivity index (χ2v) is 3.81. The lowest BCUT2D eigenvalue weighted by Gasteiger charge is -2.10. The van der Waals surface area contributed by atoms with Crippen LogP contribution in [0.3, 0.4) is 0 Å². The molecule has 0 atom stereocenters. The molecule has 0 aromatic carbocycles. The normalized spacial score (nSPS) is 11.8. The van der Waals surface area contributed by atoms with E-state index in [0.717, 1.165) is 5.62 Å². The summed E-state index contributed by atoms with van der Waals surface area (Å²) in [4.78, 5) is 4.45. The van der Waals surface area contributed by atoms with Crippen molar-refractivity contribution in [3.05, 3.63) is 5.62 Å². The van der Waals surface area contributed by atoms with E-state index in [2.05, 4.69) is 15.4 Å². The molecule has 5 heteroatoms. The molecular weight excluding hydrogens is 154 g/mol. The average molecular weight is 169 g/mol. The summed E-state index contributed by atoms with van der Waals surface area (Å²) in [7, 11) is 3.66. The molecule has 1 rings (SSSR count). The first-order valence-corrected chi connectivity index (χ1v) is 3.89. The van der Waals surface area contributed by atoms with Crippen molar-refractivity contribution in [3.63, 3.8) is 0 Å². The predicted molar refractivity (Wildman–Crippen MR) is 45.3 cm³/mol. The zero-order valence-corrected chi connectivity index (χ0v) is 8.24. The quantitative estimate of drug-likeness (QED) is 0.542. The van der Waals surface area contributed by atoms with Gasteiger partial charge in [-0.05, 0) is 31.2 Å². The number of hydrogen-bond acceptors (Lipinski definition) is 3. The van der Waals surface area contributed by atoms with E-state index >= 15 is 0 Å². The molecule has 0 aliphatic rings. The molecule has 0 fully saturated rings. The van der Waals surface area contributed by atoms with Crippen LogP contribution in [0.25, 0.3) is 0 Å². The van der Waals surface area contributed by atoms with E-state index in [1.165, 1.54) is 0 Å². The van der Waals surface area contributed by atoms with Crippen molar-refractivity contribution < 1.29 is 0 Å². The van der Waals surface area contributed by atoms with Gasteiger partial charge in [0.1, 0.15) is 0 Å². The minimum Gasteiger partial charge on any atom is -0.244 e. The van der Waals surface area contributed by atoms with E-state index < -0.39 is 0 Å². The van der Waals surface area contributed by atoms with Crippen LogP contribution in [0.15, 0.2) is 4.99 Å². The van der Waals surface area contributed by atoms with Crippen molar-refractivity contribution in [1.82, 2.24) is 19.8 Å². The molecule has 5 nitrogen and oxygen atoms in total. The number of aryl methyl sites for hydroxylation is 2. The molecule has 0 saturated heterocycles. The molecule has 0 saturated carbocycles. The van der Waals surface area contributed by atoms with Crippen LogP contribution in [0, 0.1) is 0 Å². The third-order valence-electron chi connectivity index (χ3n) is 1.32. The summed E-state index contributed by atoms with van der Waals surface area (Å²) in [6.07, 6.45) is 0. The molecule has 0 bridgehead atoms. The molecule has 1 aromatic heterocycles. The predicted octanol–water partition coefficient (Wildman–Crippen LogP) is -0.147. The highest BCUT2D eigenvalue weighted by Crippen LogP contribution is 2.03. The lowest BCUT2D eigenvalue weighted by Crippen LogP contribution is -2.28. The molecule has 12 heavy (non-hydrogen) atoms. The van der Waals surface area contributed by atoms with Crippen LogP contribution >= 0.6 is 0 Å². The highest BCUT2D eigenvalue weighted by molar-refractivity contribution is 4.71. The van der Waals surface area contributed by atoms with Gasteiger partial charge in [-0.15, -0.1) is 0 Å². The maximum absolute atomic E-state index is 4.45. The molecule has 0 aliphatic carbocycles. The Morgan fingerprint density at radius 3 is 1.83 bits per heavy atom. The van der Waals surface area contributed by atoms with Gasteiger partial charge in [-0.25, -0.2) is 14.4 Å². The Hall–Kier alpha value is -1.13. The van der Waals surface area contributed by atoms with E-state index in [9.17, 15) is 0 Å². The van der Waals surface area contributed by atoms with Crippen LogP contribution < -0.4 is 5.62 Å². The van der Waals surface area contributed by atoms with Gasteiger partial charge in [0.25, 0.3) is 0 Å². The Labute approximate surface area is 71.7 Å². The van der Waals surface area contributed by atoms with Crippen LogP contribution in [0.5, 0.6) is 0 Å². The van der Waals surface area contributed by atoms with E-state index in [4.69, 9.17) is 0 Å². The molecule has 0 aliphatic heterocycles. The first kappa shape index (κ1) is 8.96. The van der Waals surface area contributed by atoms with E-state index in [1.807, 2.05) is 34.9 Å². The average Bonchev–Trinajstić information content (AvgIpc) is 2.16. The second-order valence-electron chi connectivity index (χ2n) is 3.81. The fourth-order valence-corrected chi connectivity index (χ4v) is 0.854. The second kappa shape index (κ2) is 2.73. The molecule has 0 radical (unpaired) electrons. The largest absolute Gasteiger partial charge is 0.244 e. The van der Waals surface area contributed by atoms with Gasteiger partial charge in [0.2, 0.25) is 5.62 Å². The van der Waals surface area contributed by atoms with E-state index in [0.29, 0.717) is 0 Å². The first-order valence-electron chi connectivity index (χ1n) is 3.89. The van der Waals surface area contributed by atoms with Crippen LogP contribution in [-0.2, 0) is 14.1 Å². The fourth-order valence-electron chi connectivity index (χ4n) is 0.854. The van der Waals surface area contributed by atoms with Gasteiger partial charge < -0.3 is 0 Å². The molecule has 0 amide bonds. The van der Waals surface area contributed by atoms with Gasteiger partial charge in [0.05, 0.1) is 5.54 Å². The molecule has 1 heterocycles. The fraction of sp³-hybridized carbons (Fsp3) is 0.857. The van der Waals surface area contributed by atoms with Gasteiger partial charge in [-0.1, -0.05) is 0 Å². The van der Waals surface area contributed by atoms with Crippen molar-refractivity contribution >= 4 is 0 Å². The van der Waals surface area contributed by atoms with Crippen LogP contribution in [0.1, 0.15) is 20.8 Å². The molecule has 1 aromatic rings. The van der Waals surface area contributed by atoms with Crippen LogP contribution in [-0.4, -0.2) is 25.3 Å². The lowest BCUT2D eigenvalue weighted by atomic mass is 10.1. The highest BCUT2D eigenvalue weighted by Gasteiger charge is 2.08. The minimum atomic E-state index is -0.0900.